The molecule has 0 radical (unpaired) electrons. The van der Waals surface area contributed by atoms with Crippen LogP contribution in [0, 0.1) is 17.8 Å². The van der Waals surface area contributed by atoms with Gasteiger partial charge in [-0.2, -0.15) is 0 Å². The zero-order valence-electron chi connectivity index (χ0n) is 9.17. The molecule has 0 amide bonds. The van der Waals surface area contributed by atoms with Crippen LogP contribution >= 0.6 is 0 Å². The first kappa shape index (κ1) is 10.0. The lowest BCUT2D eigenvalue weighted by atomic mass is 9.81. The molecule has 4 atom stereocenters. The molecule has 2 heteroatoms. The van der Waals surface area contributed by atoms with E-state index in [9.17, 15) is 9.90 Å². The summed E-state index contributed by atoms with van der Waals surface area (Å²) in [6.07, 6.45) is 2.87. The zero-order chi connectivity index (χ0) is 11.1. The maximum atomic E-state index is 12.3. The van der Waals surface area contributed by atoms with Crippen LogP contribution in [0.4, 0.5) is 0 Å². The van der Waals surface area contributed by atoms with Crippen molar-refractivity contribution in [1.29, 1.82) is 0 Å². The van der Waals surface area contributed by atoms with Crippen LogP contribution in [-0.4, -0.2) is 17.0 Å². The molecule has 0 heterocycles. The van der Waals surface area contributed by atoms with Crippen molar-refractivity contribution in [2.75, 3.05) is 0 Å². The number of ketones is 1. The third kappa shape index (κ3) is 1.40. The maximum Gasteiger partial charge on any atom is 0.168 e. The molecule has 84 valence electrons. The summed E-state index contributed by atoms with van der Waals surface area (Å²) in [5, 5.41) is 10.1. The molecule has 1 N–H and O–H groups in total. The summed E-state index contributed by atoms with van der Waals surface area (Å²) in [6, 6.07) is 9.37. The fraction of sp³-hybridized carbons (Fsp3) is 0.500. The van der Waals surface area contributed by atoms with Crippen LogP contribution in [0.1, 0.15) is 29.6 Å². The van der Waals surface area contributed by atoms with E-state index in [0.717, 1.165) is 24.8 Å². The molecule has 2 saturated carbocycles. The van der Waals surface area contributed by atoms with Gasteiger partial charge in [0.05, 0.1) is 12.0 Å². The molecule has 1 aromatic rings. The summed E-state index contributed by atoms with van der Waals surface area (Å²) >= 11 is 0. The number of carbonyl (C=O) groups excluding carboxylic acids is 1. The van der Waals surface area contributed by atoms with Gasteiger partial charge in [-0.05, 0) is 31.1 Å². The fourth-order valence-corrected chi connectivity index (χ4v) is 3.43. The van der Waals surface area contributed by atoms with Crippen molar-refractivity contribution in [2.24, 2.45) is 17.8 Å². The van der Waals surface area contributed by atoms with Crippen LogP contribution in [0.3, 0.4) is 0 Å². The lowest BCUT2D eigenvalue weighted by Gasteiger charge is -2.25. The molecule has 2 fully saturated rings. The number of benzene rings is 1. The number of Topliss-reactive ketones (excluding diaryl/α,β-unsaturated/α-hetero) is 1. The van der Waals surface area contributed by atoms with Gasteiger partial charge >= 0.3 is 0 Å². The second kappa shape index (κ2) is 3.70. The highest BCUT2D eigenvalue weighted by atomic mass is 16.3. The molecule has 0 spiro atoms. The highest BCUT2D eigenvalue weighted by Gasteiger charge is 2.49. The topological polar surface area (TPSA) is 37.3 Å². The summed E-state index contributed by atoms with van der Waals surface area (Å²) in [5.74, 6) is 0.803. The molecular formula is C14H16O2. The number of hydrogen-bond acceptors (Lipinski definition) is 2. The first-order valence-electron chi connectivity index (χ1n) is 6.04. The third-order valence-electron chi connectivity index (χ3n) is 4.23. The van der Waals surface area contributed by atoms with Crippen molar-refractivity contribution in [1.82, 2.24) is 0 Å². The van der Waals surface area contributed by atoms with Gasteiger partial charge in [-0.1, -0.05) is 30.3 Å². The largest absolute Gasteiger partial charge is 0.392 e. The Morgan fingerprint density at radius 3 is 2.44 bits per heavy atom. The minimum absolute atomic E-state index is 0.138. The van der Waals surface area contributed by atoms with E-state index in [1.54, 1.807) is 0 Å². The average molecular weight is 216 g/mol. The molecule has 0 aliphatic heterocycles. The van der Waals surface area contributed by atoms with Crippen molar-refractivity contribution in [3.05, 3.63) is 35.9 Å². The van der Waals surface area contributed by atoms with E-state index in [2.05, 4.69) is 0 Å². The Morgan fingerprint density at radius 1 is 1.12 bits per heavy atom. The maximum absolute atomic E-state index is 12.3. The molecule has 2 aliphatic rings. The predicted octanol–water partition coefficient (Wildman–Crippen LogP) is 2.28. The minimum atomic E-state index is -0.397. The van der Waals surface area contributed by atoms with Gasteiger partial charge in [0.15, 0.2) is 5.78 Å². The molecule has 2 bridgehead atoms. The van der Waals surface area contributed by atoms with E-state index in [1.165, 1.54) is 0 Å². The SMILES string of the molecule is O=C(c1ccccc1)C1[C@@H]2CC[C@@H](C2)[C@H]1O. The lowest BCUT2D eigenvalue weighted by Crippen LogP contribution is -2.33. The summed E-state index contributed by atoms with van der Waals surface area (Å²) in [5.41, 5.74) is 0.749. The Morgan fingerprint density at radius 2 is 1.81 bits per heavy atom. The Bertz CT molecular complexity index is 396. The first-order chi connectivity index (χ1) is 7.77. The highest BCUT2D eigenvalue weighted by molar-refractivity contribution is 5.98. The van der Waals surface area contributed by atoms with Crippen LogP contribution in [0.15, 0.2) is 30.3 Å². The molecule has 2 nitrogen and oxygen atoms in total. The molecular weight excluding hydrogens is 200 g/mol. The number of aliphatic hydroxyl groups excluding tert-OH is 1. The van der Waals surface area contributed by atoms with E-state index in [1.807, 2.05) is 30.3 Å². The first-order valence-corrected chi connectivity index (χ1v) is 6.04. The van der Waals surface area contributed by atoms with Gasteiger partial charge in [0.2, 0.25) is 0 Å². The van der Waals surface area contributed by atoms with E-state index in [0.29, 0.717) is 11.8 Å². The van der Waals surface area contributed by atoms with Gasteiger partial charge in [-0.25, -0.2) is 0 Å². The zero-order valence-corrected chi connectivity index (χ0v) is 9.17. The Kier molecular flexibility index (Phi) is 2.32. The molecule has 1 unspecified atom stereocenters. The Labute approximate surface area is 95.3 Å². The van der Waals surface area contributed by atoms with Crippen LogP contribution in [0.5, 0.6) is 0 Å². The van der Waals surface area contributed by atoms with Crippen molar-refractivity contribution in [3.8, 4) is 0 Å². The monoisotopic (exact) mass is 216 g/mol. The van der Waals surface area contributed by atoms with Crippen molar-refractivity contribution < 1.29 is 9.90 Å². The number of fused-ring (bicyclic) bond motifs is 2. The number of hydrogen-bond donors (Lipinski definition) is 1. The number of aliphatic hydroxyl groups is 1. The number of carbonyl (C=O) groups is 1. The summed E-state index contributed by atoms with van der Waals surface area (Å²) in [4.78, 5) is 12.3. The van der Waals surface area contributed by atoms with E-state index in [4.69, 9.17) is 0 Å². The van der Waals surface area contributed by atoms with Crippen molar-refractivity contribution >= 4 is 5.78 Å². The molecule has 1 aromatic carbocycles. The standard InChI is InChI=1S/C14H16O2/c15-13(9-4-2-1-3-5-9)12-10-6-7-11(8-10)14(12)16/h1-5,10-12,14,16H,6-8H2/t10-,11+,12?,14-/m1/s1. The van der Waals surface area contributed by atoms with Gasteiger partial charge in [0.25, 0.3) is 0 Å². The lowest BCUT2D eigenvalue weighted by molar-refractivity contribution is 0.0471. The van der Waals surface area contributed by atoms with Crippen LogP contribution in [0.25, 0.3) is 0 Å². The molecule has 2 aliphatic carbocycles. The van der Waals surface area contributed by atoms with E-state index in [-0.39, 0.29) is 11.7 Å². The summed E-state index contributed by atoms with van der Waals surface area (Å²) < 4.78 is 0. The number of rotatable bonds is 2. The van der Waals surface area contributed by atoms with Gasteiger partial charge in [0, 0.05) is 5.56 Å². The summed E-state index contributed by atoms with van der Waals surface area (Å²) in [7, 11) is 0. The van der Waals surface area contributed by atoms with Gasteiger partial charge < -0.3 is 5.11 Å². The normalized spacial score (nSPS) is 36.6. The van der Waals surface area contributed by atoms with Crippen LogP contribution in [0.2, 0.25) is 0 Å². The molecule has 0 aromatic heterocycles. The second-order valence-electron chi connectivity index (χ2n) is 5.08. The van der Waals surface area contributed by atoms with Gasteiger partial charge in [0.1, 0.15) is 0 Å². The van der Waals surface area contributed by atoms with E-state index >= 15 is 0 Å². The van der Waals surface area contributed by atoms with Gasteiger partial charge in [-0.3, -0.25) is 4.79 Å². The quantitative estimate of drug-likeness (QED) is 0.770. The predicted molar refractivity (Wildman–Crippen MR) is 61.1 cm³/mol. The van der Waals surface area contributed by atoms with Crippen molar-refractivity contribution in [2.45, 2.75) is 25.4 Å². The second-order valence-corrected chi connectivity index (χ2v) is 5.08. The average Bonchev–Trinajstić information content (AvgIpc) is 2.90. The fourth-order valence-electron chi connectivity index (χ4n) is 3.43. The van der Waals surface area contributed by atoms with Gasteiger partial charge in [-0.15, -0.1) is 0 Å². The molecule has 16 heavy (non-hydrogen) atoms. The summed E-state index contributed by atoms with van der Waals surface area (Å²) in [6.45, 7) is 0. The van der Waals surface area contributed by atoms with Crippen LogP contribution in [-0.2, 0) is 0 Å². The third-order valence-corrected chi connectivity index (χ3v) is 4.23. The Balaban J connectivity index is 1.86. The smallest absolute Gasteiger partial charge is 0.168 e. The molecule has 0 saturated heterocycles. The van der Waals surface area contributed by atoms with E-state index < -0.39 is 6.10 Å². The Hall–Kier alpha value is -1.15. The van der Waals surface area contributed by atoms with Crippen molar-refractivity contribution in [3.63, 3.8) is 0 Å². The minimum Gasteiger partial charge on any atom is -0.392 e. The highest BCUT2D eigenvalue weighted by Crippen LogP contribution is 2.49. The van der Waals surface area contributed by atoms with Crippen LogP contribution < -0.4 is 0 Å². The molecule has 3 rings (SSSR count).